The van der Waals surface area contributed by atoms with Crippen LogP contribution in [0.15, 0.2) is 159 Å². The predicted octanol–water partition coefficient (Wildman–Crippen LogP) is 14.0. The topological polar surface area (TPSA) is 105 Å². The Labute approximate surface area is 447 Å². The monoisotopic (exact) mass is 1140 g/mol. The molecule has 10 heteroatoms. The molecule has 74 heavy (non-hydrogen) atoms. The zero-order valence-corrected chi connectivity index (χ0v) is 44.6. The number of hydrogen-bond donors (Lipinski definition) is 0. The summed E-state index contributed by atoms with van der Waals surface area (Å²) in [5.74, 6) is 2.34. The summed E-state index contributed by atoms with van der Waals surface area (Å²) < 4.78 is 6.22. The van der Waals surface area contributed by atoms with Crippen molar-refractivity contribution in [2.24, 2.45) is 0 Å². The molecule has 0 bridgehead atoms. The first-order chi connectivity index (χ1) is 35.5. The summed E-state index contributed by atoms with van der Waals surface area (Å²) in [5.41, 5.74) is 19.0. The van der Waals surface area contributed by atoms with Crippen molar-refractivity contribution in [2.45, 2.75) is 67.2 Å². The van der Waals surface area contributed by atoms with Crippen LogP contribution >= 0.6 is 0 Å². The largest absolute Gasteiger partial charge is 3.00 e. The summed E-state index contributed by atoms with van der Waals surface area (Å²) in [6.07, 6.45) is 14.3. The van der Waals surface area contributed by atoms with E-state index in [1.807, 2.05) is 48.9 Å². The summed E-state index contributed by atoms with van der Waals surface area (Å²) in [5, 5.41) is 20.2. The van der Waals surface area contributed by atoms with Crippen LogP contribution in [0.4, 0.5) is 5.69 Å². The molecule has 0 aliphatic rings. The SMILES string of the molecule is Cc1cccc(C)c1-n1ccnc1-c1[c-]cc(CCc2cccc(CCc3c[c-]c(-c4nccn4-c4c(C)cccc4C)cc3C#N)c2)c(C#N)c1.[C-]#[N+]c1cc[c-]c(-c2nccn2-c2c(C)cccc2C)c1.[Ir+3]. The molecule has 10 rings (SSSR count). The molecule has 0 N–H and O–H groups in total. The van der Waals surface area contributed by atoms with E-state index in [4.69, 9.17) is 6.57 Å². The molecule has 7 aromatic carbocycles. The van der Waals surface area contributed by atoms with Gasteiger partial charge in [0.05, 0.1) is 36.2 Å². The van der Waals surface area contributed by atoms with Gasteiger partial charge in [-0.1, -0.05) is 91.7 Å². The molecule has 9 nitrogen and oxygen atoms in total. The number of benzene rings is 7. The van der Waals surface area contributed by atoms with E-state index in [2.05, 4.69) is 184 Å². The predicted molar refractivity (Wildman–Crippen MR) is 289 cm³/mol. The second-order valence-corrected chi connectivity index (χ2v) is 18.3. The summed E-state index contributed by atoms with van der Waals surface area (Å²) in [6, 6.07) is 55.2. The minimum absolute atomic E-state index is 0. The Morgan fingerprint density at radius 1 is 0.486 bits per heavy atom. The van der Waals surface area contributed by atoms with E-state index in [-0.39, 0.29) is 20.1 Å². The maximum atomic E-state index is 10.1. The summed E-state index contributed by atoms with van der Waals surface area (Å²) in [6.45, 7) is 19.7. The van der Waals surface area contributed by atoms with Crippen molar-refractivity contribution in [3.8, 4) is 63.4 Å². The molecule has 3 aromatic heterocycles. The first-order valence-corrected chi connectivity index (χ1v) is 24.2. The molecule has 0 atom stereocenters. The fraction of sp³-hybridized carbons (Fsp3) is 0.156. The van der Waals surface area contributed by atoms with Crippen LogP contribution in [0.5, 0.6) is 0 Å². The van der Waals surface area contributed by atoms with Crippen molar-refractivity contribution in [1.29, 1.82) is 10.5 Å². The van der Waals surface area contributed by atoms with Crippen LogP contribution in [0, 0.1) is 89.0 Å². The molecule has 10 aromatic rings. The van der Waals surface area contributed by atoms with Crippen molar-refractivity contribution in [1.82, 2.24) is 28.7 Å². The van der Waals surface area contributed by atoms with Gasteiger partial charge in [0.1, 0.15) is 5.69 Å². The number of hydrogen-bond acceptors (Lipinski definition) is 5. The van der Waals surface area contributed by atoms with Gasteiger partial charge in [0.2, 0.25) is 0 Å². The average molecular weight is 1140 g/mol. The second kappa shape index (κ2) is 23.2. The van der Waals surface area contributed by atoms with Gasteiger partial charge in [-0.2, -0.15) is 16.6 Å². The first kappa shape index (κ1) is 51.6. The Morgan fingerprint density at radius 3 is 1.22 bits per heavy atom. The molecule has 0 aliphatic carbocycles. The Bertz CT molecular complexity index is 3540. The smallest absolute Gasteiger partial charge is 0.340 e. The molecular weight excluding hydrogens is 1090 g/mol. The Morgan fingerprint density at radius 2 is 0.851 bits per heavy atom. The van der Waals surface area contributed by atoms with Crippen LogP contribution < -0.4 is 0 Å². The Kier molecular flexibility index (Phi) is 16.2. The minimum atomic E-state index is 0. The fourth-order valence-corrected chi connectivity index (χ4v) is 9.68. The molecular formula is C64H52IrN9. The molecule has 0 unspecified atom stereocenters. The van der Waals surface area contributed by atoms with Gasteiger partial charge in [-0.15, -0.1) is 82.4 Å². The Balaban J connectivity index is 0.000000276. The van der Waals surface area contributed by atoms with Crippen LogP contribution in [-0.4, -0.2) is 28.7 Å². The summed E-state index contributed by atoms with van der Waals surface area (Å²) in [4.78, 5) is 17.2. The number of nitrogens with zero attached hydrogens (tertiary/aromatic N) is 9. The van der Waals surface area contributed by atoms with E-state index in [0.717, 1.165) is 110 Å². The van der Waals surface area contributed by atoms with Gasteiger partial charge in [0, 0.05) is 54.2 Å². The quantitative estimate of drug-likeness (QED) is 0.113. The number of aryl methyl sites for hydroxylation is 10. The van der Waals surface area contributed by atoms with E-state index in [1.165, 1.54) is 22.3 Å². The number of para-hydroxylation sites is 3. The molecule has 0 aliphatic heterocycles. The maximum absolute atomic E-state index is 10.1. The van der Waals surface area contributed by atoms with Gasteiger partial charge < -0.3 is 13.7 Å². The minimum Gasteiger partial charge on any atom is -0.340 e. The molecule has 3 heterocycles. The molecule has 0 saturated heterocycles. The van der Waals surface area contributed by atoms with Crippen LogP contribution in [0.25, 0.3) is 56.1 Å². The van der Waals surface area contributed by atoms with E-state index >= 15 is 0 Å². The summed E-state index contributed by atoms with van der Waals surface area (Å²) >= 11 is 0. The third kappa shape index (κ3) is 11.0. The van der Waals surface area contributed by atoms with Gasteiger partial charge >= 0.3 is 20.1 Å². The molecule has 0 spiro atoms. The van der Waals surface area contributed by atoms with Crippen molar-refractivity contribution in [2.75, 3.05) is 0 Å². The molecule has 0 radical (unpaired) electrons. The van der Waals surface area contributed by atoms with E-state index in [9.17, 15) is 10.5 Å². The normalized spacial score (nSPS) is 10.6. The van der Waals surface area contributed by atoms with E-state index in [1.54, 1.807) is 30.7 Å². The van der Waals surface area contributed by atoms with Gasteiger partial charge in [-0.25, -0.2) is 0 Å². The standard InChI is InChI=1S/C46H38N6.C18H14N3.Ir/c1-31-8-5-9-32(2)43(31)51-24-22-49-45(51)39-20-18-37(41(27-39)29-47)16-14-35-12-7-13-36(26-35)15-17-38-19-21-40(28-42(38)30-48)46-50-23-25-52(46)44-33(3)10-6-11-34(44)4;1-13-6-4-7-14(2)17(13)21-11-10-20-18(21)15-8-5-9-16(12-15)19-3;/h5-13,18-19,22-28H,14-17H2,1-4H3;4-7,9-12H,1-2H3;/q-2;-1;+3. The van der Waals surface area contributed by atoms with Crippen LogP contribution in [0.3, 0.4) is 0 Å². The van der Waals surface area contributed by atoms with Crippen molar-refractivity contribution in [3.63, 3.8) is 0 Å². The number of imidazole rings is 3. The van der Waals surface area contributed by atoms with Gasteiger partial charge in [-0.3, -0.25) is 19.8 Å². The zero-order valence-electron chi connectivity index (χ0n) is 42.2. The van der Waals surface area contributed by atoms with Crippen LogP contribution in [-0.2, 0) is 45.8 Å². The number of rotatable bonds is 12. The van der Waals surface area contributed by atoms with Gasteiger partial charge in [0.15, 0.2) is 0 Å². The van der Waals surface area contributed by atoms with Gasteiger partial charge in [0.25, 0.3) is 0 Å². The number of nitriles is 2. The fourth-order valence-electron chi connectivity index (χ4n) is 9.68. The van der Waals surface area contributed by atoms with Crippen molar-refractivity contribution < 1.29 is 20.1 Å². The van der Waals surface area contributed by atoms with Crippen LogP contribution in [0.1, 0.15) is 66.8 Å². The summed E-state index contributed by atoms with van der Waals surface area (Å²) in [7, 11) is 0. The van der Waals surface area contributed by atoms with Crippen molar-refractivity contribution >= 4 is 5.69 Å². The third-order valence-corrected chi connectivity index (χ3v) is 13.3. The second-order valence-electron chi connectivity index (χ2n) is 18.3. The van der Waals surface area contributed by atoms with E-state index in [0.29, 0.717) is 16.8 Å². The third-order valence-electron chi connectivity index (χ3n) is 13.3. The molecule has 0 saturated carbocycles. The van der Waals surface area contributed by atoms with Crippen LogP contribution in [0.2, 0.25) is 0 Å². The van der Waals surface area contributed by atoms with Gasteiger partial charge in [-0.05, 0) is 110 Å². The molecule has 0 fully saturated rings. The maximum Gasteiger partial charge on any atom is 3.00 e. The molecule has 0 amide bonds. The first-order valence-electron chi connectivity index (χ1n) is 24.2. The van der Waals surface area contributed by atoms with E-state index < -0.39 is 0 Å². The average Bonchev–Trinajstić information content (AvgIpc) is 4.21. The zero-order chi connectivity index (χ0) is 51.0. The Hall–Kier alpha value is -8.71. The van der Waals surface area contributed by atoms with Crippen molar-refractivity contribution in [3.05, 3.63) is 255 Å². The molecule has 362 valence electrons. The number of aromatic nitrogens is 6.